The van der Waals surface area contributed by atoms with Crippen LogP contribution in [0.1, 0.15) is 10.4 Å². The molecule has 0 saturated heterocycles. The summed E-state index contributed by atoms with van der Waals surface area (Å²) >= 11 is 0. The van der Waals surface area contributed by atoms with Crippen LogP contribution in [0.4, 0.5) is 10.5 Å². The van der Waals surface area contributed by atoms with E-state index in [1.54, 1.807) is 18.2 Å². The Bertz CT molecular complexity index is 514. The number of aliphatic hydroxyl groups excluding tert-OH is 1. The Labute approximate surface area is 96.2 Å². The number of hydrogen-bond acceptors (Lipinski definition) is 6. The van der Waals surface area contributed by atoms with E-state index in [0.29, 0.717) is 5.69 Å². The number of nitrogens with zero attached hydrogens (tertiary/aromatic N) is 3. The molecule has 0 saturated carbocycles. The highest BCUT2D eigenvalue weighted by Gasteiger charge is 2.45. The van der Waals surface area contributed by atoms with Gasteiger partial charge in [0.1, 0.15) is 17.8 Å². The lowest BCUT2D eigenvalue weighted by Crippen LogP contribution is -2.60. The highest BCUT2D eigenvalue weighted by molar-refractivity contribution is 5.98. The summed E-state index contributed by atoms with van der Waals surface area (Å²) in [5.74, 6) is -0.760. The second-order valence-corrected chi connectivity index (χ2v) is 3.49. The maximum atomic E-state index is 12.1. The van der Waals surface area contributed by atoms with Crippen molar-refractivity contribution in [2.24, 2.45) is 10.3 Å². The maximum absolute atomic E-state index is 12.1. The molecule has 2 rings (SSSR count). The molecule has 1 unspecified atom stereocenters. The molecule has 0 radical (unpaired) electrons. The van der Waals surface area contributed by atoms with Crippen LogP contribution < -0.4 is 5.11 Å². The lowest BCUT2D eigenvalue weighted by Gasteiger charge is -2.28. The Kier molecular flexibility index (Phi) is 2.70. The number of benzene rings is 1. The topological polar surface area (TPSA) is 102 Å². The van der Waals surface area contributed by atoms with Crippen molar-refractivity contribution in [2.45, 2.75) is 0 Å². The number of rotatable bonds is 2. The lowest BCUT2D eigenvalue weighted by atomic mass is 10.1. The Balaban J connectivity index is 2.55. The van der Waals surface area contributed by atoms with Gasteiger partial charge in [0.05, 0.1) is 6.61 Å². The van der Waals surface area contributed by atoms with E-state index < -0.39 is 29.7 Å². The van der Waals surface area contributed by atoms with Gasteiger partial charge in [0.25, 0.3) is 6.09 Å². The van der Waals surface area contributed by atoms with Gasteiger partial charge >= 0.3 is 5.91 Å². The first-order valence-corrected chi connectivity index (χ1v) is 4.89. The number of amides is 2. The number of hydrogen-bond donors (Lipinski definition) is 1. The minimum Gasteiger partial charge on any atom is -0.496 e. The van der Waals surface area contributed by atoms with Gasteiger partial charge in [-0.1, -0.05) is 21.8 Å². The molecule has 1 aliphatic heterocycles. The Morgan fingerprint density at radius 3 is 2.76 bits per heavy atom. The van der Waals surface area contributed by atoms with Crippen LogP contribution in [-0.2, 0) is 0 Å². The molecule has 0 fully saturated rings. The number of carbonyl (C=O) groups excluding carboxylic acids is 2. The number of carbonyl (C=O) groups is 2. The van der Waals surface area contributed by atoms with Crippen molar-refractivity contribution in [1.29, 1.82) is 0 Å². The lowest BCUT2D eigenvalue weighted by molar-refractivity contribution is -0.811. The van der Waals surface area contributed by atoms with E-state index in [1.807, 2.05) is 0 Å². The molecular weight excluding hydrogens is 226 g/mol. The summed E-state index contributed by atoms with van der Waals surface area (Å²) in [6, 6.07) is 6.28. The zero-order chi connectivity index (χ0) is 12.5. The van der Waals surface area contributed by atoms with Gasteiger partial charge < -0.3 is 15.0 Å². The van der Waals surface area contributed by atoms with Gasteiger partial charge in [0.2, 0.25) is 0 Å². The van der Waals surface area contributed by atoms with Gasteiger partial charge in [-0.3, -0.25) is 0 Å². The van der Waals surface area contributed by atoms with Gasteiger partial charge in [0, 0.05) is 5.22 Å². The molecule has 1 aromatic rings. The third-order valence-electron chi connectivity index (χ3n) is 2.50. The molecule has 1 aromatic carbocycles. The number of quaternary nitrogens is 1. The summed E-state index contributed by atoms with van der Waals surface area (Å²) in [4.78, 5) is 23.1. The van der Waals surface area contributed by atoms with Gasteiger partial charge in [0.15, 0.2) is 0 Å². The predicted octanol–water partition coefficient (Wildman–Crippen LogP) is -0.00850. The fourth-order valence-electron chi connectivity index (χ4n) is 1.61. The van der Waals surface area contributed by atoms with E-state index in [9.17, 15) is 14.7 Å². The van der Waals surface area contributed by atoms with Crippen LogP contribution in [0.2, 0.25) is 0 Å². The fourth-order valence-corrected chi connectivity index (χ4v) is 1.61. The van der Waals surface area contributed by atoms with E-state index >= 15 is 0 Å². The van der Waals surface area contributed by atoms with E-state index in [-0.39, 0.29) is 5.56 Å². The minimum atomic E-state index is -1.71. The summed E-state index contributed by atoms with van der Waals surface area (Å²) in [7, 11) is 0. The first kappa shape index (κ1) is 11.4. The molecule has 0 spiro atoms. The molecule has 1 heterocycles. The van der Waals surface area contributed by atoms with Gasteiger partial charge in [-0.15, -0.1) is 0 Å². The first-order valence-electron chi connectivity index (χ1n) is 4.89. The van der Waals surface area contributed by atoms with Crippen molar-refractivity contribution in [2.75, 3.05) is 13.2 Å². The monoisotopic (exact) mass is 235 g/mol. The Morgan fingerprint density at radius 2 is 2.12 bits per heavy atom. The summed E-state index contributed by atoms with van der Waals surface area (Å²) in [5.41, 5.74) is 0.464. The summed E-state index contributed by atoms with van der Waals surface area (Å²) in [6.45, 7) is -0.917. The Hall–Kier alpha value is -2.12. The van der Waals surface area contributed by atoms with Crippen molar-refractivity contribution < 1.29 is 24.4 Å². The van der Waals surface area contributed by atoms with Crippen LogP contribution in [0.15, 0.2) is 34.6 Å². The molecule has 2 amide bonds. The predicted molar refractivity (Wildman–Crippen MR) is 52.9 cm³/mol. The van der Waals surface area contributed by atoms with Crippen LogP contribution in [0, 0.1) is 0 Å². The van der Waals surface area contributed by atoms with Gasteiger partial charge in [-0.05, 0) is 12.1 Å². The smallest absolute Gasteiger partial charge is 0.382 e. The third kappa shape index (κ3) is 1.61. The van der Waals surface area contributed by atoms with Crippen molar-refractivity contribution in [1.82, 2.24) is 0 Å². The SMILES string of the molecule is O=C([O-])[N+]1(CCO)N=Nc2ccccc2C1=O. The fraction of sp³-hybridized carbons (Fsp3) is 0.200. The normalized spacial score (nSPS) is 22.3. The number of aliphatic hydroxyl groups is 1. The van der Waals surface area contributed by atoms with Gasteiger partial charge in [-0.25, -0.2) is 4.79 Å². The molecule has 0 aromatic heterocycles. The molecule has 1 aliphatic rings. The molecule has 17 heavy (non-hydrogen) atoms. The van der Waals surface area contributed by atoms with Crippen molar-refractivity contribution in [3.05, 3.63) is 29.8 Å². The zero-order valence-corrected chi connectivity index (χ0v) is 8.74. The third-order valence-corrected chi connectivity index (χ3v) is 2.50. The highest BCUT2D eigenvalue weighted by atomic mass is 16.4. The van der Waals surface area contributed by atoms with Crippen molar-refractivity contribution in [3.8, 4) is 0 Å². The zero-order valence-electron chi connectivity index (χ0n) is 8.74. The average molecular weight is 235 g/mol. The second kappa shape index (κ2) is 4.04. The number of fused-ring (bicyclic) bond motifs is 1. The van der Waals surface area contributed by atoms with E-state index in [0.717, 1.165) is 0 Å². The summed E-state index contributed by atoms with van der Waals surface area (Å²) in [5, 5.41) is 27.0. The largest absolute Gasteiger partial charge is 0.496 e. The van der Waals surface area contributed by atoms with Crippen molar-refractivity contribution in [3.63, 3.8) is 0 Å². The standard InChI is InChI=1S/C10H9N3O4/c14-6-5-13(10(16)17)9(15)7-3-1-2-4-8(7)11-12-13/h1-4,14H,5-6H2. The van der Waals surface area contributed by atoms with E-state index in [2.05, 4.69) is 10.3 Å². The quantitative estimate of drug-likeness (QED) is 0.728. The molecule has 88 valence electrons. The molecule has 0 aliphatic carbocycles. The minimum absolute atomic E-state index is 0.153. The van der Waals surface area contributed by atoms with Crippen LogP contribution in [0.3, 0.4) is 0 Å². The second-order valence-electron chi connectivity index (χ2n) is 3.49. The highest BCUT2D eigenvalue weighted by Crippen LogP contribution is 2.30. The van der Waals surface area contributed by atoms with Crippen LogP contribution >= 0.6 is 0 Å². The van der Waals surface area contributed by atoms with E-state index in [4.69, 9.17) is 5.11 Å². The average Bonchev–Trinajstić information content (AvgIpc) is 2.33. The first-order chi connectivity index (χ1) is 8.12. The molecule has 1 atom stereocenters. The Morgan fingerprint density at radius 1 is 1.41 bits per heavy atom. The van der Waals surface area contributed by atoms with Crippen LogP contribution in [0.5, 0.6) is 0 Å². The molecular formula is C10H9N3O4. The van der Waals surface area contributed by atoms with Crippen molar-refractivity contribution >= 4 is 17.7 Å². The van der Waals surface area contributed by atoms with Crippen LogP contribution in [0.25, 0.3) is 0 Å². The molecule has 7 nitrogen and oxygen atoms in total. The van der Waals surface area contributed by atoms with Gasteiger partial charge in [-0.2, -0.15) is 0 Å². The molecule has 0 bridgehead atoms. The number of imide groups is 1. The summed E-state index contributed by atoms with van der Waals surface area (Å²) < 4.78 is -1.35. The van der Waals surface area contributed by atoms with E-state index in [1.165, 1.54) is 6.07 Å². The van der Waals surface area contributed by atoms with Crippen LogP contribution in [-0.4, -0.2) is 34.9 Å². The molecule has 7 heteroatoms. The summed E-state index contributed by atoms with van der Waals surface area (Å²) in [6.07, 6.45) is -1.71. The number of carboxylic acid groups (broad SMARTS) is 1. The molecule has 1 N–H and O–H groups in total. The maximum Gasteiger partial charge on any atom is 0.382 e.